The van der Waals surface area contributed by atoms with E-state index in [1.165, 1.54) is 6.33 Å². The maximum atomic E-state index is 6.18. The molecule has 4 rings (SSSR count). The van der Waals surface area contributed by atoms with Gasteiger partial charge in [0.1, 0.15) is 23.1 Å². The first kappa shape index (κ1) is 14.6. The van der Waals surface area contributed by atoms with Crippen LogP contribution in [0.15, 0.2) is 43.0 Å². The first-order chi connectivity index (χ1) is 11.7. The lowest BCUT2D eigenvalue weighted by molar-refractivity contribution is 0.793. The Morgan fingerprint density at radius 2 is 2.08 bits per heavy atom. The van der Waals surface area contributed by atoms with Gasteiger partial charge in [-0.1, -0.05) is 28.9 Å². The summed E-state index contributed by atoms with van der Waals surface area (Å²) in [5, 5.41) is 16.3. The number of rotatable bonds is 4. The highest BCUT2D eigenvalue weighted by Gasteiger charge is 2.10. The van der Waals surface area contributed by atoms with Crippen molar-refractivity contribution in [1.82, 2.24) is 34.7 Å². The molecule has 1 aromatic carbocycles. The number of para-hydroxylation sites is 1. The van der Waals surface area contributed by atoms with E-state index in [0.29, 0.717) is 17.4 Å². The number of aryl methyl sites for hydroxylation is 1. The molecule has 0 unspecified atom stereocenters. The molecule has 0 aliphatic heterocycles. The summed E-state index contributed by atoms with van der Waals surface area (Å²) in [5.41, 5.74) is 3.18. The molecule has 0 atom stereocenters. The molecule has 0 aliphatic carbocycles. The second kappa shape index (κ2) is 5.89. The molecule has 0 fully saturated rings. The molecular weight excluding hydrogens is 328 g/mol. The lowest BCUT2D eigenvalue weighted by Gasteiger charge is -2.05. The minimum absolute atomic E-state index is 0.474. The molecule has 0 spiro atoms. The normalized spacial score (nSPS) is 11.1. The van der Waals surface area contributed by atoms with Crippen LogP contribution in [0.25, 0.3) is 16.7 Å². The molecule has 3 aromatic heterocycles. The van der Waals surface area contributed by atoms with E-state index >= 15 is 0 Å². The van der Waals surface area contributed by atoms with Gasteiger partial charge in [0, 0.05) is 7.05 Å². The van der Waals surface area contributed by atoms with E-state index in [0.717, 1.165) is 22.4 Å². The van der Waals surface area contributed by atoms with Crippen molar-refractivity contribution in [2.24, 2.45) is 7.05 Å². The predicted octanol–water partition coefficient (Wildman–Crippen LogP) is 2.21. The summed E-state index contributed by atoms with van der Waals surface area (Å²) in [6.45, 7) is 0.474. The Balaban J connectivity index is 1.56. The van der Waals surface area contributed by atoms with Crippen LogP contribution in [0.4, 0.5) is 5.82 Å². The summed E-state index contributed by atoms with van der Waals surface area (Å²) in [6, 6.07) is 7.48. The van der Waals surface area contributed by atoms with E-state index in [9.17, 15) is 0 Å². The quantitative estimate of drug-likeness (QED) is 0.613. The summed E-state index contributed by atoms with van der Waals surface area (Å²) in [7, 11) is 1.85. The van der Waals surface area contributed by atoms with E-state index < -0.39 is 0 Å². The van der Waals surface area contributed by atoms with Crippen LogP contribution in [-0.2, 0) is 13.6 Å². The second-order valence-electron chi connectivity index (χ2n) is 5.18. The number of aromatic nitrogens is 7. The number of nitrogens with one attached hydrogen (secondary N) is 1. The molecule has 0 saturated carbocycles. The lowest BCUT2D eigenvalue weighted by Crippen LogP contribution is -2.04. The Bertz CT molecular complexity index is 1010. The highest BCUT2D eigenvalue weighted by molar-refractivity contribution is 6.32. The first-order valence-corrected chi connectivity index (χ1v) is 7.63. The topological polar surface area (TPSA) is 86.3 Å². The van der Waals surface area contributed by atoms with Crippen LogP contribution in [-0.4, -0.2) is 34.7 Å². The van der Waals surface area contributed by atoms with E-state index in [2.05, 4.69) is 30.7 Å². The van der Waals surface area contributed by atoms with Gasteiger partial charge in [-0.25, -0.2) is 14.6 Å². The van der Waals surface area contributed by atoms with E-state index in [4.69, 9.17) is 11.6 Å². The summed E-state index contributed by atoms with van der Waals surface area (Å²) in [5.74, 6) is 0.701. The number of nitrogens with zero attached hydrogens (tertiary/aromatic N) is 7. The Kier molecular flexibility index (Phi) is 3.58. The first-order valence-electron chi connectivity index (χ1n) is 7.25. The van der Waals surface area contributed by atoms with Gasteiger partial charge in [-0.05, 0) is 12.1 Å². The van der Waals surface area contributed by atoms with Crippen LogP contribution >= 0.6 is 11.6 Å². The fourth-order valence-electron chi connectivity index (χ4n) is 2.44. The van der Waals surface area contributed by atoms with Crippen molar-refractivity contribution in [2.75, 3.05) is 5.32 Å². The molecule has 8 nitrogen and oxygen atoms in total. The number of benzene rings is 1. The maximum Gasteiger partial charge on any atom is 0.156 e. The van der Waals surface area contributed by atoms with Crippen LogP contribution in [0.3, 0.4) is 0 Å². The Morgan fingerprint density at radius 1 is 1.21 bits per heavy atom. The minimum Gasteiger partial charge on any atom is -0.362 e. The fourth-order valence-corrected chi connectivity index (χ4v) is 2.67. The fraction of sp³-hybridized carbons (Fsp3) is 0.133. The van der Waals surface area contributed by atoms with Crippen LogP contribution in [0.5, 0.6) is 0 Å². The average Bonchev–Trinajstić information content (AvgIpc) is 3.21. The number of fused-ring (bicyclic) bond motifs is 1. The Labute approximate surface area is 142 Å². The van der Waals surface area contributed by atoms with E-state index in [1.807, 2.05) is 37.5 Å². The number of hydrogen-bond acceptors (Lipinski definition) is 6. The van der Waals surface area contributed by atoms with Gasteiger partial charge >= 0.3 is 0 Å². The van der Waals surface area contributed by atoms with Gasteiger partial charge in [0.05, 0.1) is 29.6 Å². The molecule has 120 valence electrons. The summed E-state index contributed by atoms with van der Waals surface area (Å²) in [6.07, 6.45) is 5.04. The number of hydrogen-bond donors (Lipinski definition) is 1. The monoisotopic (exact) mass is 340 g/mol. The maximum absolute atomic E-state index is 6.18. The molecule has 0 radical (unpaired) electrons. The summed E-state index contributed by atoms with van der Waals surface area (Å²) in [4.78, 5) is 8.46. The third kappa shape index (κ3) is 2.56. The molecular formula is C15H13ClN8. The zero-order chi connectivity index (χ0) is 16.5. The Morgan fingerprint density at radius 3 is 2.96 bits per heavy atom. The van der Waals surface area contributed by atoms with Crippen LogP contribution in [0, 0.1) is 0 Å². The van der Waals surface area contributed by atoms with Crippen molar-refractivity contribution >= 4 is 28.5 Å². The van der Waals surface area contributed by atoms with Crippen molar-refractivity contribution < 1.29 is 0 Å². The molecule has 1 N–H and O–H groups in total. The molecule has 24 heavy (non-hydrogen) atoms. The second-order valence-corrected chi connectivity index (χ2v) is 5.59. The van der Waals surface area contributed by atoms with Gasteiger partial charge < -0.3 is 5.32 Å². The van der Waals surface area contributed by atoms with Gasteiger partial charge in [0.25, 0.3) is 0 Å². The summed E-state index contributed by atoms with van der Waals surface area (Å²) >= 11 is 6.18. The zero-order valence-electron chi connectivity index (χ0n) is 12.8. The standard InChI is InChI=1S/C15H13ClN8/c1-23-14-12(7-20-23)18-9-19-15(14)17-6-10-8-24(22-21-10)13-5-3-2-4-11(13)16/h2-5,7-9H,6H2,1H3,(H,17,18,19). The highest BCUT2D eigenvalue weighted by atomic mass is 35.5. The van der Waals surface area contributed by atoms with Gasteiger partial charge in [0.15, 0.2) is 5.82 Å². The van der Waals surface area contributed by atoms with Crippen molar-refractivity contribution in [2.45, 2.75) is 6.54 Å². The van der Waals surface area contributed by atoms with E-state index in [-0.39, 0.29) is 0 Å². The third-order valence-corrected chi connectivity index (χ3v) is 3.92. The molecule has 4 aromatic rings. The van der Waals surface area contributed by atoms with E-state index in [1.54, 1.807) is 15.6 Å². The van der Waals surface area contributed by atoms with Crippen LogP contribution in [0.1, 0.15) is 5.69 Å². The van der Waals surface area contributed by atoms with Crippen LogP contribution < -0.4 is 5.32 Å². The molecule has 9 heteroatoms. The molecule has 3 heterocycles. The number of anilines is 1. The largest absolute Gasteiger partial charge is 0.362 e. The summed E-state index contributed by atoms with van der Waals surface area (Å²) < 4.78 is 3.39. The van der Waals surface area contributed by atoms with Crippen molar-refractivity contribution in [3.63, 3.8) is 0 Å². The van der Waals surface area contributed by atoms with Crippen molar-refractivity contribution in [3.05, 3.63) is 53.7 Å². The SMILES string of the molecule is Cn1ncc2ncnc(NCc3cn(-c4ccccc4Cl)nn3)c21. The minimum atomic E-state index is 0.474. The smallest absolute Gasteiger partial charge is 0.156 e. The molecule has 0 saturated heterocycles. The highest BCUT2D eigenvalue weighted by Crippen LogP contribution is 2.20. The average molecular weight is 341 g/mol. The zero-order valence-corrected chi connectivity index (χ0v) is 13.5. The predicted molar refractivity (Wildman–Crippen MR) is 90.0 cm³/mol. The number of halogens is 1. The van der Waals surface area contributed by atoms with Gasteiger partial charge in [0.2, 0.25) is 0 Å². The molecule has 0 bridgehead atoms. The molecule has 0 amide bonds. The van der Waals surface area contributed by atoms with Crippen molar-refractivity contribution in [1.29, 1.82) is 0 Å². The van der Waals surface area contributed by atoms with Gasteiger partial charge in [-0.15, -0.1) is 5.10 Å². The molecule has 0 aliphatic rings. The lowest BCUT2D eigenvalue weighted by atomic mass is 10.3. The van der Waals surface area contributed by atoms with Gasteiger partial charge in [-0.2, -0.15) is 5.10 Å². The van der Waals surface area contributed by atoms with Gasteiger partial charge in [-0.3, -0.25) is 4.68 Å². The third-order valence-electron chi connectivity index (χ3n) is 3.60. The van der Waals surface area contributed by atoms with Crippen LogP contribution in [0.2, 0.25) is 5.02 Å². The van der Waals surface area contributed by atoms with Crippen molar-refractivity contribution in [3.8, 4) is 5.69 Å². The Hall–Kier alpha value is -3.00.